The highest BCUT2D eigenvalue weighted by atomic mass is 35.5. The summed E-state index contributed by atoms with van der Waals surface area (Å²) in [6.45, 7) is 2.36. The molecule has 1 saturated heterocycles. The van der Waals surface area contributed by atoms with E-state index < -0.39 is 17.3 Å². The van der Waals surface area contributed by atoms with Crippen LogP contribution in [0.25, 0.3) is 0 Å². The Balaban J connectivity index is 2.71. The Labute approximate surface area is 82.0 Å². The summed E-state index contributed by atoms with van der Waals surface area (Å²) in [6.07, 6.45) is 1.15. The second kappa shape index (κ2) is 3.96. The van der Waals surface area contributed by atoms with Gasteiger partial charge < -0.3 is 10.6 Å². The summed E-state index contributed by atoms with van der Waals surface area (Å²) < 4.78 is 0. The lowest BCUT2D eigenvalue weighted by atomic mass is 10.2. The van der Waals surface area contributed by atoms with Crippen molar-refractivity contribution in [1.82, 2.24) is 4.90 Å². The molecular weight excluding hydrogens is 192 g/mol. The first kappa shape index (κ1) is 10.3. The van der Waals surface area contributed by atoms with Crippen molar-refractivity contribution in [1.29, 1.82) is 0 Å². The van der Waals surface area contributed by atoms with Gasteiger partial charge in [0.15, 0.2) is 0 Å². The fourth-order valence-corrected chi connectivity index (χ4v) is 1.77. The summed E-state index contributed by atoms with van der Waals surface area (Å²) in [5.74, 6) is -0.631. The molecule has 1 aliphatic heterocycles. The van der Waals surface area contributed by atoms with Crippen LogP contribution < -0.4 is 5.73 Å². The van der Waals surface area contributed by atoms with Gasteiger partial charge in [-0.1, -0.05) is 6.92 Å². The summed E-state index contributed by atoms with van der Waals surface area (Å²) in [7, 11) is 0. The second-order valence-electron chi connectivity index (χ2n) is 3.11. The van der Waals surface area contributed by atoms with Crippen molar-refractivity contribution in [2.45, 2.75) is 31.2 Å². The molecule has 0 aliphatic carbocycles. The Kier molecular flexibility index (Phi) is 3.14. The highest BCUT2D eigenvalue weighted by molar-refractivity contribution is 6.31. The molecule has 1 fully saturated rings. The van der Waals surface area contributed by atoms with E-state index in [4.69, 9.17) is 17.3 Å². The van der Waals surface area contributed by atoms with Gasteiger partial charge in [-0.15, -0.1) is 11.6 Å². The van der Waals surface area contributed by atoms with Crippen LogP contribution >= 0.6 is 11.6 Å². The molecular formula is C8H13ClN2O2. The molecule has 2 amide bonds. The largest absolute Gasteiger partial charge is 0.368 e. The van der Waals surface area contributed by atoms with E-state index >= 15 is 0 Å². The van der Waals surface area contributed by atoms with E-state index in [1.807, 2.05) is 6.92 Å². The SMILES string of the molecule is CCC(C(N)=O)N1CCC(Cl)C1=O. The van der Waals surface area contributed by atoms with Crippen molar-refractivity contribution in [2.24, 2.45) is 5.73 Å². The molecule has 0 aromatic rings. The van der Waals surface area contributed by atoms with E-state index in [-0.39, 0.29) is 5.91 Å². The standard InChI is InChI=1S/C8H13ClN2O2/c1-2-6(7(10)12)11-4-3-5(9)8(11)13/h5-6H,2-4H2,1H3,(H2,10,12). The normalized spacial score (nSPS) is 24.9. The molecule has 74 valence electrons. The molecule has 1 aliphatic rings. The van der Waals surface area contributed by atoms with Crippen molar-refractivity contribution in [3.05, 3.63) is 0 Å². The smallest absolute Gasteiger partial charge is 0.241 e. The van der Waals surface area contributed by atoms with E-state index in [9.17, 15) is 9.59 Å². The Morgan fingerprint density at radius 1 is 1.85 bits per heavy atom. The quantitative estimate of drug-likeness (QED) is 0.663. The first-order valence-electron chi connectivity index (χ1n) is 4.31. The molecule has 1 heterocycles. The van der Waals surface area contributed by atoms with Crippen LogP contribution in [0.3, 0.4) is 0 Å². The number of likely N-dealkylation sites (tertiary alicyclic amines) is 1. The van der Waals surface area contributed by atoms with Crippen molar-refractivity contribution in [3.63, 3.8) is 0 Å². The maximum absolute atomic E-state index is 11.4. The Hall–Kier alpha value is -0.770. The number of primary amides is 1. The van der Waals surface area contributed by atoms with Crippen molar-refractivity contribution in [3.8, 4) is 0 Å². The Morgan fingerprint density at radius 3 is 2.77 bits per heavy atom. The van der Waals surface area contributed by atoms with Crippen LogP contribution in [0.15, 0.2) is 0 Å². The number of amides is 2. The van der Waals surface area contributed by atoms with Gasteiger partial charge in [-0.05, 0) is 12.8 Å². The zero-order chi connectivity index (χ0) is 10.0. The van der Waals surface area contributed by atoms with E-state index in [1.54, 1.807) is 0 Å². The van der Waals surface area contributed by atoms with Crippen LogP contribution in [0, 0.1) is 0 Å². The Morgan fingerprint density at radius 2 is 2.46 bits per heavy atom. The van der Waals surface area contributed by atoms with Gasteiger partial charge in [0.2, 0.25) is 11.8 Å². The number of rotatable bonds is 3. The minimum atomic E-state index is -0.490. The molecule has 2 unspecified atom stereocenters. The third-order valence-corrected chi connectivity index (χ3v) is 2.67. The predicted octanol–water partition coefficient (Wildman–Crippen LogP) is 0.0900. The van der Waals surface area contributed by atoms with E-state index in [0.717, 1.165) is 0 Å². The van der Waals surface area contributed by atoms with E-state index in [0.29, 0.717) is 19.4 Å². The highest BCUT2D eigenvalue weighted by Crippen LogP contribution is 2.20. The molecule has 2 atom stereocenters. The second-order valence-corrected chi connectivity index (χ2v) is 3.64. The summed E-state index contributed by atoms with van der Waals surface area (Å²) >= 11 is 5.72. The van der Waals surface area contributed by atoms with E-state index in [2.05, 4.69) is 0 Å². The minimum absolute atomic E-state index is 0.174. The molecule has 5 heteroatoms. The van der Waals surface area contributed by atoms with Gasteiger partial charge in [0, 0.05) is 6.54 Å². The number of carbonyl (C=O) groups is 2. The molecule has 1 rings (SSSR count). The highest BCUT2D eigenvalue weighted by Gasteiger charge is 2.35. The third kappa shape index (κ3) is 1.94. The van der Waals surface area contributed by atoms with Gasteiger partial charge in [-0.3, -0.25) is 9.59 Å². The Bertz CT molecular complexity index is 232. The first-order valence-corrected chi connectivity index (χ1v) is 4.75. The van der Waals surface area contributed by atoms with Crippen LogP contribution in [0.1, 0.15) is 19.8 Å². The molecule has 0 saturated carbocycles. The van der Waals surface area contributed by atoms with Crippen LogP contribution in [-0.2, 0) is 9.59 Å². The lowest BCUT2D eigenvalue weighted by molar-refractivity contribution is -0.135. The van der Waals surface area contributed by atoms with Crippen LogP contribution in [-0.4, -0.2) is 34.7 Å². The van der Waals surface area contributed by atoms with Crippen LogP contribution in [0.2, 0.25) is 0 Å². The topological polar surface area (TPSA) is 63.4 Å². The number of nitrogens with two attached hydrogens (primary N) is 1. The van der Waals surface area contributed by atoms with Crippen molar-refractivity contribution in [2.75, 3.05) is 6.54 Å². The number of halogens is 1. The van der Waals surface area contributed by atoms with Gasteiger partial charge in [0.05, 0.1) is 0 Å². The van der Waals surface area contributed by atoms with Crippen LogP contribution in [0.5, 0.6) is 0 Å². The summed E-state index contributed by atoms with van der Waals surface area (Å²) in [5, 5.41) is -0.478. The zero-order valence-electron chi connectivity index (χ0n) is 7.50. The van der Waals surface area contributed by atoms with Gasteiger partial charge in [-0.25, -0.2) is 0 Å². The fourth-order valence-electron chi connectivity index (χ4n) is 1.55. The first-order chi connectivity index (χ1) is 6.07. The number of hydrogen-bond acceptors (Lipinski definition) is 2. The molecule has 4 nitrogen and oxygen atoms in total. The average Bonchev–Trinajstić information content (AvgIpc) is 2.37. The molecule has 0 aromatic carbocycles. The number of nitrogens with zero attached hydrogens (tertiary/aromatic N) is 1. The van der Waals surface area contributed by atoms with Gasteiger partial charge in [-0.2, -0.15) is 0 Å². The van der Waals surface area contributed by atoms with Gasteiger partial charge in [0.25, 0.3) is 0 Å². The lowest BCUT2D eigenvalue weighted by Gasteiger charge is -2.23. The maximum atomic E-state index is 11.4. The molecule has 2 N–H and O–H groups in total. The van der Waals surface area contributed by atoms with Gasteiger partial charge >= 0.3 is 0 Å². The van der Waals surface area contributed by atoms with Crippen molar-refractivity contribution >= 4 is 23.4 Å². The molecule has 0 aromatic heterocycles. The maximum Gasteiger partial charge on any atom is 0.241 e. The molecule has 0 radical (unpaired) electrons. The number of hydrogen-bond donors (Lipinski definition) is 1. The fraction of sp³-hybridized carbons (Fsp3) is 0.750. The van der Waals surface area contributed by atoms with Crippen LogP contribution in [0.4, 0.5) is 0 Å². The number of carbonyl (C=O) groups excluding carboxylic acids is 2. The molecule has 0 bridgehead atoms. The number of alkyl halides is 1. The average molecular weight is 205 g/mol. The molecule has 13 heavy (non-hydrogen) atoms. The summed E-state index contributed by atoms with van der Waals surface area (Å²) in [5.41, 5.74) is 5.16. The minimum Gasteiger partial charge on any atom is -0.368 e. The van der Waals surface area contributed by atoms with E-state index in [1.165, 1.54) is 4.90 Å². The van der Waals surface area contributed by atoms with Crippen molar-refractivity contribution < 1.29 is 9.59 Å². The lowest BCUT2D eigenvalue weighted by Crippen LogP contribution is -2.45. The molecule has 0 spiro atoms. The summed E-state index contributed by atoms with van der Waals surface area (Å²) in [6, 6.07) is -0.490. The monoisotopic (exact) mass is 204 g/mol. The summed E-state index contributed by atoms with van der Waals surface area (Å²) in [4.78, 5) is 23.8. The predicted molar refractivity (Wildman–Crippen MR) is 49.2 cm³/mol. The zero-order valence-corrected chi connectivity index (χ0v) is 8.25. The third-order valence-electron chi connectivity index (χ3n) is 2.27. The van der Waals surface area contributed by atoms with Gasteiger partial charge in [0.1, 0.15) is 11.4 Å².